The maximum atomic E-state index is 13.5. The van der Waals surface area contributed by atoms with Crippen LogP contribution in [0.15, 0.2) is 47.4 Å². The first-order valence-electron chi connectivity index (χ1n) is 10.2. The summed E-state index contributed by atoms with van der Waals surface area (Å²) in [4.78, 5) is 15.1. The lowest BCUT2D eigenvalue weighted by Gasteiger charge is -2.29. The van der Waals surface area contributed by atoms with Gasteiger partial charge in [-0.15, -0.1) is 0 Å². The normalized spacial score (nSPS) is 15.1. The lowest BCUT2D eigenvalue weighted by molar-refractivity contribution is -0.129. The number of hydrogen-bond acceptors (Lipinski definition) is 3. The van der Waals surface area contributed by atoms with Crippen molar-refractivity contribution in [2.45, 2.75) is 51.3 Å². The Balaban J connectivity index is 1.99. The number of amides is 1. The van der Waals surface area contributed by atoms with E-state index in [1.165, 1.54) is 4.31 Å². The fourth-order valence-corrected chi connectivity index (χ4v) is 5.24. The number of anilines is 1. The predicted octanol–water partition coefficient (Wildman–Crippen LogP) is 4.21. The third-order valence-electron chi connectivity index (χ3n) is 5.47. The van der Waals surface area contributed by atoms with Crippen LogP contribution in [0, 0.1) is 20.8 Å². The number of benzene rings is 2. The minimum atomic E-state index is -3.86. The van der Waals surface area contributed by atoms with Gasteiger partial charge in [-0.2, -0.15) is 0 Å². The second-order valence-corrected chi connectivity index (χ2v) is 9.77. The van der Waals surface area contributed by atoms with E-state index in [-0.39, 0.29) is 17.3 Å². The van der Waals surface area contributed by atoms with Gasteiger partial charge in [-0.05, 0) is 57.4 Å². The molecule has 156 valence electrons. The molecule has 0 unspecified atom stereocenters. The Morgan fingerprint density at radius 2 is 1.48 bits per heavy atom. The van der Waals surface area contributed by atoms with Crippen molar-refractivity contribution in [1.29, 1.82) is 0 Å². The Hall–Kier alpha value is -2.34. The molecule has 0 N–H and O–H groups in total. The van der Waals surface area contributed by atoms with E-state index in [1.807, 2.05) is 37.8 Å². The van der Waals surface area contributed by atoms with Crippen LogP contribution in [0.3, 0.4) is 0 Å². The molecule has 29 heavy (non-hydrogen) atoms. The molecule has 0 aliphatic carbocycles. The van der Waals surface area contributed by atoms with Crippen LogP contribution >= 0.6 is 0 Å². The lowest BCUT2D eigenvalue weighted by Crippen LogP contribution is -2.43. The van der Waals surface area contributed by atoms with Crippen LogP contribution in [0.1, 0.15) is 42.4 Å². The smallest absolute Gasteiger partial charge is 0.264 e. The van der Waals surface area contributed by atoms with E-state index in [9.17, 15) is 13.2 Å². The van der Waals surface area contributed by atoms with Crippen molar-refractivity contribution in [2.24, 2.45) is 0 Å². The quantitative estimate of drug-likeness (QED) is 0.736. The molecule has 1 aliphatic heterocycles. The maximum absolute atomic E-state index is 13.5. The average Bonchev–Trinajstić information content (AvgIpc) is 2.96. The molecule has 0 spiro atoms. The van der Waals surface area contributed by atoms with Gasteiger partial charge in [-0.25, -0.2) is 8.42 Å². The van der Waals surface area contributed by atoms with Crippen LogP contribution in [-0.4, -0.2) is 38.9 Å². The fourth-order valence-electron chi connectivity index (χ4n) is 3.77. The van der Waals surface area contributed by atoms with Crippen LogP contribution in [0.2, 0.25) is 0 Å². The Labute approximate surface area is 174 Å². The Bertz CT molecular complexity index is 960. The molecular weight excluding hydrogens is 384 g/mol. The van der Waals surface area contributed by atoms with Crippen molar-refractivity contribution in [3.63, 3.8) is 0 Å². The second-order valence-electron chi connectivity index (χ2n) is 7.91. The van der Waals surface area contributed by atoms with Gasteiger partial charge < -0.3 is 4.90 Å². The van der Waals surface area contributed by atoms with E-state index in [4.69, 9.17) is 0 Å². The summed E-state index contributed by atoms with van der Waals surface area (Å²) in [6.45, 7) is 6.99. The van der Waals surface area contributed by atoms with Gasteiger partial charge in [-0.1, -0.05) is 48.2 Å². The van der Waals surface area contributed by atoms with Gasteiger partial charge in [0, 0.05) is 13.1 Å². The molecule has 1 aliphatic rings. The largest absolute Gasteiger partial charge is 0.341 e. The van der Waals surface area contributed by atoms with E-state index in [1.54, 1.807) is 30.3 Å². The third kappa shape index (κ3) is 4.99. The first-order valence-corrected chi connectivity index (χ1v) is 11.7. The molecule has 3 rings (SSSR count). The minimum absolute atomic E-state index is 0.137. The molecule has 5 nitrogen and oxygen atoms in total. The molecule has 0 saturated carbocycles. The van der Waals surface area contributed by atoms with Crippen molar-refractivity contribution >= 4 is 21.6 Å². The average molecular weight is 415 g/mol. The zero-order valence-electron chi connectivity index (χ0n) is 17.5. The summed E-state index contributed by atoms with van der Waals surface area (Å²) in [5.41, 5.74) is 3.43. The highest BCUT2D eigenvalue weighted by molar-refractivity contribution is 7.92. The van der Waals surface area contributed by atoms with Crippen molar-refractivity contribution in [1.82, 2.24) is 4.90 Å². The zero-order chi connectivity index (χ0) is 21.0. The zero-order valence-corrected chi connectivity index (χ0v) is 18.3. The van der Waals surface area contributed by atoms with Gasteiger partial charge in [0.1, 0.15) is 6.54 Å². The topological polar surface area (TPSA) is 57.7 Å². The maximum Gasteiger partial charge on any atom is 0.264 e. The number of hydrogen-bond donors (Lipinski definition) is 0. The standard InChI is InChI=1S/C23H30N2O3S/c1-18-8-11-21(12-9-18)29(27,28)25(22-13-10-19(2)16-20(22)3)17-23(26)24-14-6-4-5-7-15-24/h8-13,16H,4-7,14-15,17H2,1-3H3. The predicted molar refractivity (Wildman–Crippen MR) is 117 cm³/mol. The van der Waals surface area contributed by atoms with Crippen LogP contribution in [0.5, 0.6) is 0 Å². The molecule has 2 aromatic rings. The Morgan fingerprint density at radius 1 is 0.897 bits per heavy atom. The van der Waals surface area contributed by atoms with Crippen molar-refractivity contribution in [3.05, 3.63) is 59.2 Å². The molecule has 0 atom stereocenters. The van der Waals surface area contributed by atoms with Gasteiger partial charge in [0.25, 0.3) is 10.0 Å². The molecule has 1 fully saturated rings. The first kappa shape index (κ1) is 21.4. The highest BCUT2D eigenvalue weighted by Gasteiger charge is 2.30. The van der Waals surface area contributed by atoms with Gasteiger partial charge in [0.2, 0.25) is 5.91 Å². The van der Waals surface area contributed by atoms with Gasteiger partial charge >= 0.3 is 0 Å². The molecule has 2 aromatic carbocycles. The van der Waals surface area contributed by atoms with Crippen molar-refractivity contribution in [2.75, 3.05) is 23.9 Å². The molecule has 1 amide bonds. The third-order valence-corrected chi connectivity index (χ3v) is 7.24. The van der Waals surface area contributed by atoms with E-state index < -0.39 is 10.0 Å². The number of aryl methyl sites for hydroxylation is 3. The van der Waals surface area contributed by atoms with Crippen molar-refractivity contribution < 1.29 is 13.2 Å². The number of carbonyl (C=O) groups is 1. The lowest BCUT2D eigenvalue weighted by atomic mass is 10.1. The summed E-state index contributed by atoms with van der Waals surface area (Å²) >= 11 is 0. The number of carbonyl (C=O) groups excluding carboxylic acids is 1. The van der Waals surface area contributed by atoms with Crippen molar-refractivity contribution in [3.8, 4) is 0 Å². The molecule has 0 aromatic heterocycles. The van der Waals surface area contributed by atoms with E-state index in [0.29, 0.717) is 18.8 Å². The molecule has 6 heteroatoms. The number of sulfonamides is 1. The Morgan fingerprint density at radius 3 is 2.07 bits per heavy atom. The van der Waals surface area contributed by atoms with Crippen LogP contribution < -0.4 is 4.31 Å². The monoisotopic (exact) mass is 414 g/mol. The first-order chi connectivity index (χ1) is 13.8. The summed E-state index contributed by atoms with van der Waals surface area (Å²) in [5.74, 6) is -0.137. The van der Waals surface area contributed by atoms with Crippen LogP contribution in [0.4, 0.5) is 5.69 Å². The second kappa shape index (κ2) is 8.99. The molecule has 0 bridgehead atoms. The Kier molecular flexibility index (Phi) is 6.63. The highest BCUT2D eigenvalue weighted by atomic mass is 32.2. The summed E-state index contributed by atoms with van der Waals surface area (Å²) in [7, 11) is -3.86. The van der Waals surface area contributed by atoms with Gasteiger partial charge in [0.15, 0.2) is 0 Å². The molecular formula is C23H30N2O3S. The fraction of sp³-hybridized carbons (Fsp3) is 0.435. The summed E-state index contributed by atoms with van der Waals surface area (Å²) in [5, 5.41) is 0. The summed E-state index contributed by atoms with van der Waals surface area (Å²) in [6.07, 6.45) is 4.18. The van der Waals surface area contributed by atoms with Crippen LogP contribution in [0.25, 0.3) is 0 Å². The van der Waals surface area contributed by atoms with E-state index >= 15 is 0 Å². The van der Waals surface area contributed by atoms with Gasteiger partial charge in [-0.3, -0.25) is 9.10 Å². The SMILES string of the molecule is Cc1ccc(S(=O)(=O)N(CC(=O)N2CCCCCC2)c2ccc(C)cc2C)cc1. The van der Waals surface area contributed by atoms with E-state index in [2.05, 4.69) is 0 Å². The number of rotatable bonds is 5. The van der Waals surface area contributed by atoms with E-state index in [0.717, 1.165) is 42.4 Å². The van der Waals surface area contributed by atoms with Gasteiger partial charge in [0.05, 0.1) is 10.6 Å². The minimum Gasteiger partial charge on any atom is -0.341 e. The number of likely N-dealkylation sites (tertiary alicyclic amines) is 1. The number of nitrogens with zero attached hydrogens (tertiary/aromatic N) is 2. The molecule has 1 heterocycles. The molecule has 0 radical (unpaired) electrons. The summed E-state index contributed by atoms with van der Waals surface area (Å²) in [6, 6.07) is 12.4. The van der Waals surface area contributed by atoms with Crippen LogP contribution in [-0.2, 0) is 14.8 Å². The summed E-state index contributed by atoms with van der Waals surface area (Å²) < 4.78 is 28.3. The highest BCUT2D eigenvalue weighted by Crippen LogP contribution is 2.28. The molecule has 1 saturated heterocycles.